The molecule has 0 amide bonds. The normalized spacial score (nSPS) is 9.67. The minimum absolute atomic E-state index is 0.0920. The SMILES string of the molecule is COc1ccccc1COC(=O)OCc1ccccc1OC.Oc1ccc(O)cc1. The first-order chi connectivity index (χ1) is 14.5. The predicted molar refractivity (Wildman–Crippen MR) is 111 cm³/mol. The van der Waals surface area contributed by atoms with Crippen molar-refractivity contribution < 1.29 is 34.0 Å². The molecule has 0 atom stereocenters. The summed E-state index contributed by atoms with van der Waals surface area (Å²) in [7, 11) is 3.14. The molecule has 0 fully saturated rings. The zero-order valence-corrected chi connectivity index (χ0v) is 16.8. The van der Waals surface area contributed by atoms with Gasteiger partial charge in [-0.05, 0) is 36.4 Å². The summed E-state index contributed by atoms with van der Waals surface area (Å²) in [5.74, 6) is 1.67. The predicted octanol–water partition coefficient (Wildman–Crippen LogP) is 4.66. The van der Waals surface area contributed by atoms with E-state index in [0.717, 1.165) is 11.1 Å². The van der Waals surface area contributed by atoms with Gasteiger partial charge in [0.05, 0.1) is 14.2 Å². The van der Waals surface area contributed by atoms with Crippen molar-refractivity contribution in [1.82, 2.24) is 0 Å². The Morgan fingerprint density at radius 2 is 1.03 bits per heavy atom. The van der Waals surface area contributed by atoms with Crippen molar-refractivity contribution in [3.63, 3.8) is 0 Å². The number of ether oxygens (including phenoxy) is 4. The molecule has 0 radical (unpaired) electrons. The van der Waals surface area contributed by atoms with Gasteiger partial charge in [-0.3, -0.25) is 0 Å². The lowest BCUT2D eigenvalue weighted by Crippen LogP contribution is -2.08. The maximum absolute atomic E-state index is 11.7. The second kappa shape index (κ2) is 11.9. The molecule has 0 aliphatic carbocycles. The molecule has 0 spiro atoms. The smallest absolute Gasteiger partial charge is 0.508 e. The van der Waals surface area contributed by atoms with Crippen molar-refractivity contribution in [1.29, 1.82) is 0 Å². The van der Waals surface area contributed by atoms with Crippen LogP contribution in [0, 0.1) is 0 Å². The van der Waals surface area contributed by atoms with Crippen molar-refractivity contribution in [3.05, 3.63) is 83.9 Å². The van der Waals surface area contributed by atoms with Crippen LogP contribution < -0.4 is 9.47 Å². The standard InChI is InChI=1S/C17H18O5.C6H6O2/c1-19-15-9-5-3-7-13(15)11-21-17(18)22-12-14-8-4-6-10-16(14)20-2;7-5-1-2-6(8)4-3-5/h3-10H,11-12H2,1-2H3;1-4,7-8H. The maximum Gasteiger partial charge on any atom is 0.508 e. The van der Waals surface area contributed by atoms with E-state index in [1.807, 2.05) is 36.4 Å². The molecule has 0 bridgehead atoms. The van der Waals surface area contributed by atoms with Gasteiger partial charge in [-0.1, -0.05) is 36.4 Å². The molecule has 0 unspecified atom stereocenters. The highest BCUT2D eigenvalue weighted by Gasteiger charge is 2.09. The minimum atomic E-state index is -0.739. The molecular formula is C23H24O7. The fraction of sp³-hybridized carbons (Fsp3) is 0.174. The number of phenolic OH excluding ortho intramolecular Hbond substituents is 2. The average Bonchev–Trinajstić information content (AvgIpc) is 2.79. The molecule has 0 aliphatic rings. The van der Waals surface area contributed by atoms with E-state index in [-0.39, 0.29) is 24.7 Å². The van der Waals surface area contributed by atoms with Crippen molar-refractivity contribution in [3.8, 4) is 23.0 Å². The Morgan fingerprint density at radius 3 is 1.40 bits per heavy atom. The lowest BCUT2D eigenvalue weighted by atomic mass is 10.2. The molecule has 0 aliphatic heterocycles. The number of carbonyl (C=O) groups is 1. The van der Waals surface area contributed by atoms with Gasteiger partial charge >= 0.3 is 6.16 Å². The van der Waals surface area contributed by atoms with E-state index in [1.54, 1.807) is 26.4 Å². The van der Waals surface area contributed by atoms with E-state index in [0.29, 0.717) is 11.5 Å². The van der Waals surface area contributed by atoms with E-state index >= 15 is 0 Å². The summed E-state index contributed by atoms with van der Waals surface area (Å²) < 4.78 is 20.5. The van der Waals surface area contributed by atoms with Crippen molar-refractivity contribution in [2.24, 2.45) is 0 Å². The van der Waals surface area contributed by atoms with E-state index in [9.17, 15) is 4.79 Å². The van der Waals surface area contributed by atoms with Crippen molar-refractivity contribution in [2.45, 2.75) is 13.2 Å². The number of aromatic hydroxyl groups is 2. The Bertz CT molecular complexity index is 848. The Morgan fingerprint density at radius 1 is 0.667 bits per heavy atom. The van der Waals surface area contributed by atoms with Crippen LogP contribution in [0.1, 0.15) is 11.1 Å². The van der Waals surface area contributed by atoms with Crippen LogP contribution in [0.4, 0.5) is 4.79 Å². The maximum atomic E-state index is 11.7. The summed E-state index contributed by atoms with van der Waals surface area (Å²) in [5, 5.41) is 17.3. The lowest BCUT2D eigenvalue weighted by molar-refractivity contribution is 0.0438. The summed E-state index contributed by atoms with van der Waals surface area (Å²) >= 11 is 0. The van der Waals surface area contributed by atoms with Gasteiger partial charge in [0.2, 0.25) is 0 Å². The highest BCUT2D eigenvalue weighted by Crippen LogP contribution is 2.20. The number of methoxy groups -OCH3 is 2. The molecule has 0 heterocycles. The monoisotopic (exact) mass is 412 g/mol. The van der Waals surface area contributed by atoms with Crippen LogP contribution >= 0.6 is 0 Å². The van der Waals surface area contributed by atoms with Gasteiger partial charge in [0, 0.05) is 11.1 Å². The van der Waals surface area contributed by atoms with Crippen LogP contribution in [0.5, 0.6) is 23.0 Å². The van der Waals surface area contributed by atoms with Crippen LogP contribution in [-0.2, 0) is 22.7 Å². The summed E-state index contributed by atoms with van der Waals surface area (Å²) in [5.41, 5.74) is 1.55. The van der Waals surface area contributed by atoms with Gasteiger partial charge < -0.3 is 29.2 Å². The van der Waals surface area contributed by atoms with Gasteiger partial charge in [0.1, 0.15) is 36.2 Å². The molecule has 0 saturated carbocycles. The Kier molecular flexibility index (Phi) is 8.86. The Balaban J connectivity index is 0.000000335. The molecule has 158 valence electrons. The topological polar surface area (TPSA) is 94.5 Å². The fourth-order valence-electron chi connectivity index (χ4n) is 2.41. The van der Waals surface area contributed by atoms with Crippen molar-refractivity contribution in [2.75, 3.05) is 14.2 Å². The third-order valence-electron chi connectivity index (χ3n) is 3.93. The van der Waals surface area contributed by atoms with Crippen LogP contribution in [0.3, 0.4) is 0 Å². The molecule has 7 nitrogen and oxygen atoms in total. The first kappa shape index (κ1) is 22.4. The number of para-hydroxylation sites is 2. The highest BCUT2D eigenvalue weighted by atomic mass is 16.7. The third kappa shape index (κ3) is 7.27. The number of rotatable bonds is 6. The van der Waals surface area contributed by atoms with Crippen LogP contribution in [0.15, 0.2) is 72.8 Å². The van der Waals surface area contributed by atoms with E-state index in [4.69, 9.17) is 29.2 Å². The number of phenols is 2. The quantitative estimate of drug-likeness (QED) is 0.449. The fourth-order valence-corrected chi connectivity index (χ4v) is 2.41. The zero-order chi connectivity index (χ0) is 21.8. The molecule has 3 aromatic rings. The molecule has 3 aromatic carbocycles. The first-order valence-electron chi connectivity index (χ1n) is 9.04. The van der Waals surface area contributed by atoms with Crippen LogP contribution in [0.25, 0.3) is 0 Å². The van der Waals surface area contributed by atoms with E-state index < -0.39 is 6.16 Å². The highest BCUT2D eigenvalue weighted by molar-refractivity contribution is 5.60. The second-order valence-corrected chi connectivity index (χ2v) is 5.97. The van der Waals surface area contributed by atoms with Crippen LogP contribution in [0.2, 0.25) is 0 Å². The molecule has 30 heavy (non-hydrogen) atoms. The van der Waals surface area contributed by atoms with Gasteiger partial charge in [-0.25, -0.2) is 4.79 Å². The number of benzene rings is 3. The summed E-state index contributed by atoms with van der Waals surface area (Å²) in [4.78, 5) is 11.7. The zero-order valence-electron chi connectivity index (χ0n) is 16.8. The first-order valence-corrected chi connectivity index (χ1v) is 9.04. The average molecular weight is 412 g/mol. The number of carbonyl (C=O) groups excluding carboxylic acids is 1. The third-order valence-corrected chi connectivity index (χ3v) is 3.93. The molecule has 7 heteroatoms. The Hall–Kier alpha value is -3.87. The van der Waals surface area contributed by atoms with Gasteiger partial charge in [-0.15, -0.1) is 0 Å². The van der Waals surface area contributed by atoms with Crippen molar-refractivity contribution >= 4 is 6.16 Å². The van der Waals surface area contributed by atoms with Gasteiger partial charge in [0.25, 0.3) is 0 Å². The second-order valence-electron chi connectivity index (χ2n) is 5.97. The van der Waals surface area contributed by atoms with E-state index in [2.05, 4.69) is 0 Å². The Labute approximate surface area is 175 Å². The molecule has 0 aromatic heterocycles. The molecule has 0 saturated heterocycles. The van der Waals surface area contributed by atoms with E-state index in [1.165, 1.54) is 24.3 Å². The largest absolute Gasteiger partial charge is 0.508 e. The van der Waals surface area contributed by atoms with Gasteiger partial charge in [0.15, 0.2) is 0 Å². The summed E-state index contributed by atoms with van der Waals surface area (Å²) in [6.45, 7) is 0.184. The lowest BCUT2D eigenvalue weighted by Gasteiger charge is -2.10. The van der Waals surface area contributed by atoms with Crippen LogP contribution in [-0.4, -0.2) is 30.6 Å². The minimum Gasteiger partial charge on any atom is -0.508 e. The van der Waals surface area contributed by atoms with Gasteiger partial charge in [-0.2, -0.15) is 0 Å². The summed E-state index contributed by atoms with van der Waals surface area (Å²) in [6.07, 6.45) is -0.739. The molecular weight excluding hydrogens is 388 g/mol. The molecule has 2 N–H and O–H groups in total. The summed E-state index contributed by atoms with van der Waals surface area (Å²) in [6, 6.07) is 20.4. The molecule has 3 rings (SSSR count). The number of hydrogen-bond acceptors (Lipinski definition) is 7. The number of hydrogen-bond donors (Lipinski definition) is 2.